The number of rotatable bonds is 5. The van der Waals surface area contributed by atoms with E-state index in [1.807, 2.05) is 17.1 Å². The third kappa shape index (κ3) is 3.07. The maximum absolute atomic E-state index is 6.07. The van der Waals surface area contributed by atoms with E-state index in [1.54, 1.807) is 0 Å². The molecule has 9 heteroatoms. The predicted octanol–water partition coefficient (Wildman–Crippen LogP) is 1.56. The molecule has 4 heterocycles. The number of nitrogens with zero attached hydrogens (tertiary/aromatic N) is 8. The minimum Gasteiger partial charge on any atom is -0.382 e. The van der Waals surface area contributed by atoms with Crippen LogP contribution in [-0.2, 0) is 13.0 Å². The lowest BCUT2D eigenvalue weighted by Crippen LogP contribution is -2.23. The molecule has 0 spiro atoms. The van der Waals surface area contributed by atoms with Crippen molar-refractivity contribution < 1.29 is 0 Å². The van der Waals surface area contributed by atoms with E-state index in [2.05, 4.69) is 37.1 Å². The average Bonchev–Trinajstić information content (AvgIpc) is 3.31. The molecule has 3 aromatic heterocycles. The van der Waals surface area contributed by atoms with Gasteiger partial charge in [0.05, 0.1) is 0 Å². The summed E-state index contributed by atoms with van der Waals surface area (Å²) in [6.07, 6.45) is 8.13. The van der Waals surface area contributed by atoms with Crippen molar-refractivity contribution in [1.29, 1.82) is 0 Å². The van der Waals surface area contributed by atoms with Gasteiger partial charge in [-0.05, 0) is 37.2 Å². The number of aromatic nitrogens is 7. The van der Waals surface area contributed by atoms with Gasteiger partial charge < -0.3 is 10.6 Å². The minimum absolute atomic E-state index is 0.436. The zero-order valence-corrected chi connectivity index (χ0v) is 15.4. The highest BCUT2D eigenvalue weighted by Gasteiger charge is 2.29. The number of nitrogen functional groups attached to an aromatic ring is 1. The first-order valence-corrected chi connectivity index (χ1v) is 9.63. The number of aryl methyl sites for hydroxylation is 1. The van der Waals surface area contributed by atoms with Crippen molar-refractivity contribution in [2.45, 2.75) is 45.1 Å². The maximum atomic E-state index is 6.07. The summed E-state index contributed by atoms with van der Waals surface area (Å²) in [5.41, 5.74) is 8.59. The Morgan fingerprint density at radius 3 is 2.70 bits per heavy atom. The van der Waals surface area contributed by atoms with Crippen molar-refractivity contribution in [1.82, 2.24) is 34.9 Å². The Kier molecular flexibility index (Phi) is 3.87. The molecule has 0 amide bonds. The van der Waals surface area contributed by atoms with E-state index in [9.17, 15) is 0 Å². The molecule has 1 saturated heterocycles. The van der Waals surface area contributed by atoms with E-state index in [-0.39, 0.29) is 0 Å². The molecule has 2 N–H and O–H groups in total. The number of fused-ring (bicyclic) bond motifs is 1. The van der Waals surface area contributed by atoms with Gasteiger partial charge in [0.1, 0.15) is 5.82 Å². The van der Waals surface area contributed by atoms with Gasteiger partial charge in [-0.1, -0.05) is 12.1 Å². The molecule has 1 atom stereocenters. The summed E-state index contributed by atoms with van der Waals surface area (Å²) in [7, 11) is 0. The van der Waals surface area contributed by atoms with Gasteiger partial charge >= 0.3 is 0 Å². The lowest BCUT2D eigenvalue weighted by atomic mass is 10.1. The molecular weight excluding hydrogens is 342 g/mol. The van der Waals surface area contributed by atoms with E-state index in [1.165, 1.54) is 0 Å². The molecular formula is C18H23N9. The van der Waals surface area contributed by atoms with Crippen molar-refractivity contribution in [3.63, 3.8) is 0 Å². The Hall–Kier alpha value is -2.84. The molecule has 9 nitrogen and oxygen atoms in total. The SMILES string of the molecule is CCc1cnc(N2CC[C@@H](Cn3nnc4c(N)nc(C5CC5)nc43)C2)nc1. The lowest BCUT2D eigenvalue weighted by Gasteiger charge is -2.16. The van der Waals surface area contributed by atoms with Crippen LogP contribution in [0.1, 0.15) is 43.5 Å². The van der Waals surface area contributed by atoms with Gasteiger partial charge in [0, 0.05) is 37.9 Å². The van der Waals surface area contributed by atoms with Crippen LogP contribution < -0.4 is 10.6 Å². The van der Waals surface area contributed by atoms with Crippen LogP contribution in [0.25, 0.3) is 11.2 Å². The highest BCUT2D eigenvalue weighted by molar-refractivity contribution is 5.80. The largest absolute Gasteiger partial charge is 0.382 e. The molecule has 27 heavy (non-hydrogen) atoms. The molecule has 0 bridgehead atoms. The maximum Gasteiger partial charge on any atom is 0.225 e. The number of hydrogen-bond donors (Lipinski definition) is 1. The van der Waals surface area contributed by atoms with E-state index >= 15 is 0 Å². The fourth-order valence-corrected chi connectivity index (χ4v) is 3.64. The molecule has 1 saturated carbocycles. The van der Waals surface area contributed by atoms with Gasteiger partial charge in [-0.2, -0.15) is 0 Å². The summed E-state index contributed by atoms with van der Waals surface area (Å²) >= 11 is 0. The van der Waals surface area contributed by atoms with Crippen LogP contribution in [0.2, 0.25) is 0 Å². The second-order valence-electron chi connectivity index (χ2n) is 7.53. The second kappa shape index (κ2) is 6.40. The molecule has 0 unspecified atom stereocenters. The van der Waals surface area contributed by atoms with Crippen molar-refractivity contribution in [3.8, 4) is 0 Å². The van der Waals surface area contributed by atoms with Crippen molar-refractivity contribution >= 4 is 22.9 Å². The molecule has 3 aromatic rings. The molecule has 5 rings (SSSR count). The van der Waals surface area contributed by atoms with E-state index in [4.69, 9.17) is 10.7 Å². The summed E-state index contributed by atoms with van der Waals surface area (Å²) in [5.74, 6) is 2.97. The Bertz CT molecular complexity index is 961. The fraction of sp³-hybridized carbons (Fsp3) is 0.556. The van der Waals surface area contributed by atoms with Crippen LogP contribution in [0.3, 0.4) is 0 Å². The minimum atomic E-state index is 0.436. The van der Waals surface area contributed by atoms with Gasteiger partial charge in [-0.3, -0.25) is 0 Å². The quantitative estimate of drug-likeness (QED) is 0.725. The Labute approximate surface area is 157 Å². The topological polar surface area (TPSA) is 112 Å². The summed E-state index contributed by atoms with van der Waals surface area (Å²) < 4.78 is 1.88. The van der Waals surface area contributed by atoms with Crippen molar-refractivity contribution in [2.75, 3.05) is 23.7 Å². The summed E-state index contributed by atoms with van der Waals surface area (Å²) in [6, 6.07) is 0. The van der Waals surface area contributed by atoms with Gasteiger partial charge in [-0.25, -0.2) is 24.6 Å². The second-order valence-corrected chi connectivity index (χ2v) is 7.53. The lowest BCUT2D eigenvalue weighted by molar-refractivity contribution is 0.451. The molecule has 140 valence electrons. The van der Waals surface area contributed by atoms with Crippen LogP contribution in [-0.4, -0.2) is 48.0 Å². The monoisotopic (exact) mass is 365 g/mol. The van der Waals surface area contributed by atoms with E-state index < -0.39 is 0 Å². The smallest absolute Gasteiger partial charge is 0.225 e. The van der Waals surface area contributed by atoms with E-state index in [0.717, 1.165) is 68.3 Å². The van der Waals surface area contributed by atoms with Gasteiger partial charge in [0.25, 0.3) is 0 Å². The molecule has 1 aliphatic carbocycles. The highest BCUT2D eigenvalue weighted by atomic mass is 15.4. The van der Waals surface area contributed by atoms with Gasteiger partial charge in [0.15, 0.2) is 17.0 Å². The zero-order chi connectivity index (χ0) is 18.4. The highest BCUT2D eigenvalue weighted by Crippen LogP contribution is 2.39. The summed E-state index contributed by atoms with van der Waals surface area (Å²) in [6.45, 7) is 4.73. The number of nitrogens with two attached hydrogens (primary N) is 1. The molecule has 2 fully saturated rings. The molecule has 0 aromatic carbocycles. The Morgan fingerprint density at radius 1 is 1.15 bits per heavy atom. The first-order valence-electron chi connectivity index (χ1n) is 9.63. The van der Waals surface area contributed by atoms with Crippen LogP contribution in [0.15, 0.2) is 12.4 Å². The first-order chi connectivity index (χ1) is 13.2. The van der Waals surface area contributed by atoms with Crippen molar-refractivity contribution in [2.24, 2.45) is 5.92 Å². The summed E-state index contributed by atoms with van der Waals surface area (Å²) in [4.78, 5) is 20.4. The first kappa shape index (κ1) is 16.3. The fourth-order valence-electron chi connectivity index (χ4n) is 3.64. The average molecular weight is 365 g/mol. The van der Waals surface area contributed by atoms with E-state index in [0.29, 0.717) is 23.2 Å². The third-order valence-electron chi connectivity index (χ3n) is 5.45. The Balaban J connectivity index is 1.33. The Morgan fingerprint density at radius 2 is 1.96 bits per heavy atom. The standard InChI is InChI=1S/C18H23N9/c1-2-11-7-20-18(21-8-11)26-6-5-12(9-26)10-27-17-14(24-25-27)15(19)22-16(23-17)13-3-4-13/h7-8,12-13H,2-6,9-10H2,1H3,(H2,19,22,23)/t12-/m1/s1. The summed E-state index contributed by atoms with van der Waals surface area (Å²) in [5, 5.41) is 8.50. The zero-order valence-electron chi connectivity index (χ0n) is 15.4. The van der Waals surface area contributed by atoms with Crippen LogP contribution >= 0.6 is 0 Å². The predicted molar refractivity (Wildman–Crippen MR) is 101 cm³/mol. The molecule has 0 radical (unpaired) electrons. The van der Waals surface area contributed by atoms with Gasteiger partial charge in [0.2, 0.25) is 5.95 Å². The number of anilines is 2. The van der Waals surface area contributed by atoms with Crippen LogP contribution in [0, 0.1) is 5.92 Å². The van der Waals surface area contributed by atoms with Crippen molar-refractivity contribution in [3.05, 3.63) is 23.8 Å². The third-order valence-corrected chi connectivity index (χ3v) is 5.45. The molecule has 1 aliphatic heterocycles. The van der Waals surface area contributed by atoms with Gasteiger partial charge in [-0.15, -0.1) is 5.10 Å². The van der Waals surface area contributed by atoms with Crippen LogP contribution in [0.4, 0.5) is 11.8 Å². The normalized spacial score (nSPS) is 19.9. The number of hydrogen-bond acceptors (Lipinski definition) is 8. The molecule has 2 aliphatic rings. The van der Waals surface area contributed by atoms with Crippen LogP contribution in [0.5, 0.6) is 0 Å².